The summed E-state index contributed by atoms with van der Waals surface area (Å²) in [5.41, 5.74) is 4.08. The molecule has 120 valence electrons. The lowest BCUT2D eigenvalue weighted by atomic mass is 10.1. The molecule has 2 saturated heterocycles. The van der Waals surface area contributed by atoms with E-state index in [1.807, 2.05) is 0 Å². The fourth-order valence-corrected chi connectivity index (χ4v) is 2.82. The summed E-state index contributed by atoms with van der Waals surface area (Å²) >= 11 is 0. The number of hydrogen-bond acceptors (Lipinski definition) is 7. The molecule has 1 aromatic heterocycles. The van der Waals surface area contributed by atoms with Gasteiger partial charge in [-0.15, -0.1) is 0 Å². The molecule has 3 heterocycles. The van der Waals surface area contributed by atoms with Gasteiger partial charge in [0.1, 0.15) is 18.3 Å². The van der Waals surface area contributed by atoms with Crippen LogP contribution in [0.4, 0.5) is 0 Å². The topological polar surface area (TPSA) is 126 Å². The zero-order valence-electron chi connectivity index (χ0n) is 12.1. The van der Waals surface area contributed by atoms with E-state index < -0.39 is 41.8 Å². The second-order valence-corrected chi connectivity index (χ2v) is 5.66. The van der Waals surface area contributed by atoms with E-state index >= 15 is 0 Å². The Hall–Kier alpha value is -1.81. The first kappa shape index (κ1) is 15.1. The van der Waals surface area contributed by atoms with Crippen molar-refractivity contribution in [1.29, 1.82) is 0 Å². The Morgan fingerprint density at radius 3 is 2.77 bits per heavy atom. The third-order valence-electron chi connectivity index (χ3n) is 3.68. The molecule has 0 aromatic carbocycles. The Labute approximate surface area is 125 Å². The largest absolute Gasteiger partial charge is 0.394 e. The average molecular weight is 311 g/mol. The third kappa shape index (κ3) is 2.31. The third-order valence-corrected chi connectivity index (χ3v) is 3.68. The maximum Gasteiger partial charge on any atom is 0.284 e. The number of fused-ring (bicyclic) bond motifs is 1. The van der Waals surface area contributed by atoms with Crippen LogP contribution < -0.4 is 11.3 Å². The SMILES string of the molecule is CC1(C)OC2C(CO)OC(n3ccnc(C(N)=O)c3=O)C2O1. The summed E-state index contributed by atoms with van der Waals surface area (Å²) in [5.74, 6) is -1.77. The number of primary amides is 1. The average Bonchev–Trinajstić information content (AvgIpc) is 2.92. The normalized spacial score (nSPS) is 32.9. The Morgan fingerprint density at radius 2 is 2.14 bits per heavy atom. The molecule has 1 amide bonds. The van der Waals surface area contributed by atoms with Crippen LogP contribution in [0.5, 0.6) is 0 Å². The molecule has 3 N–H and O–H groups in total. The van der Waals surface area contributed by atoms with Crippen molar-refractivity contribution in [2.45, 2.75) is 44.2 Å². The van der Waals surface area contributed by atoms with E-state index in [0.29, 0.717) is 0 Å². The molecule has 3 rings (SSSR count). The number of aromatic nitrogens is 2. The van der Waals surface area contributed by atoms with E-state index in [0.717, 1.165) is 0 Å². The predicted octanol–water partition coefficient (Wildman–Crippen LogP) is -1.25. The lowest BCUT2D eigenvalue weighted by Gasteiger charge is -2.24. The van der Waals surface area contributed by atoms with Gasteiger partial charge in [0, 0.05) is 12.4 Å². The maximum atomic E-state index is 12.3. The number of aliphatic hydroxyl groups excluding tert-OH is 1. The molecule has 9 nitrogen and oxygen atoms in total. The van der Waals surface area contributed by atoms with Gasteiger partial charge in [0.2, 0.25) is 0 Å². The number of carbonyl (C=O) groups excluding carboxylic acids is 1. The molecule has 0 saturated carbocycles. The van der Waals surface area contributed by atoms with Gasteiger partial charge in [-0.05, 0) is 13.8 Å². The van der Waals surface area contributed by atoms with Crippen molar-refractivity contribution >= 4 is 5.91 Å². The molecule has 2 aliphatic heterocycles. The number of amides is 1. The number of carbonyl (C=O) groups is 1. The van der Waals surface area contributed by atoms with Gasteiger partial charge in [-0.3, -0.25) is 14.2 Å². The molecule has 2 aliphatic rings. The fourth-order valence-electron chi connectivity index (χ4n) is 2.82. The molecule has 0 aliphatic carbocycles. The first-order chi connectivity index (χ1) is 10.3. The number of nitrogens with zero attached hydrogens (tertiary/aromatic N) is 2. The summed E-state index contributed by atoms with van der Waals surface area (Å²) in [4.78, 5) is 27.2. The molecular weight excluding hydrogens is 294 g/mol. The van der Waals surface area contributed by atoms with E-state index in [1.165, 1.54) is 17.0 Å². The lowest BCUT2D eigenvalue weighted by Crippen LogP contribution is -2.37. The maximum absolute atomic E-state index is 12.3. The highest BCUT2D eigenvalue weighted by Gasteiger charge is 2.55. The van der Waals surface area contributed by atoms with Crippen LogP contribution in [0, 0.1) is 0 Å². The summed E-state index contributed by atoms with van der Waals surface area (Å²) in [6.45, 7) is 3.20. The van der Waals surface area contributed by atoms with Gasteiger partial charge in [-0.2, -0.15) is 0 Å². The van der Waals surface area contributed by atoms with Crippen molar-refractivity contribution in [2.24, 2.45) is 5.73 Å². The van der Waals surface area contributed by atoms with Crippen molar-refractivity contribution in [3.05, 3.63) is 28.4 Å². The summed E-state index contributed by atoms with van der Waals surface area (Å²) in [5, 5.41) is 9.43. The first-order valence-corrected chi connectivity index (χ1v) is 6.83. The van der Waals surface area contributed by atoms with Gasteiger partial charge >= 0.3 is 0 Å². The second-order valence-electron chi connectivity index (χ2n) is 5.66. The van der Waals surface area contributed by atoms with Crippen LogP contribution >= 0.6 is 0 Å². The summed E-state index contributed by atoms with van der Waals surface area (Å²) in [7, 11) is 0. The van der Waals surface area contributed by atoms with Gasteiger partial charge in [-0.1, -0.05) is 0 Å². The molecule has 0 radical (unpaired) electrons. The quantitative estimate of drug-likeness (QED) is 0.714. The van der Waals surface area contributed by atoms with Gasteiger partial charge in [-0.25, -0.2) is 4.98 Å². The molecule has 22 heavy (non-hydrogen) atoms. The van der Waals surface area contributed by atoms with Crippen molar-refractivity contribution < 1.29 is 24.1 Å². The van der Waals surface area contributed by atoms with Crippen molar-refractivity contribution in [3.8, 4) is 0 Å². The van der Waals surface area contributed by atoms with Crippen LogP contribution in [0.15, 0.2) is 17.2 Å². The zero-order chi connectivity index (χ0) is 16.1. The minimum Gasteiger partial charge on any atom is -0.394 e. The van der Waals surface area contributed by atoms with Crippen molar-refractivity contribution in [1.82, 2.24) is 9.55 Å². The Morgan fingerprint density at radius 1 is 1.45 bits per heavy atom. The second kappa shape index (κ2) is 5.13. The highest BCUT2D eigenvalue weighted by molar-refractivity contribution is 5.90. The van der Waals surface area contributed by atoms with Crippen LogP contribution in [0.1, 0.15) is 30.6 Å². The number of ether oxygens (including phenoxy) is 3. The van der Waals surface area contributed by atoms with Crippen LogP contribution in [-0.4, -0.2) is 51.3 Å². The fraction of sp³-hybridized carbons (Fsp3) is 0.615. The van der Waals surface area contributed by atoms with Gasteiger partial charge in [0.15, 0.2) is 17.7 Å². The van der Waals surface area contributed by atoms with E-state index in [1.54, 1.807) is 13.8 Å². The van der Waals surface area contributed by atoms with Gasteiger partial charge in [0.25, 0.3) is 11.5 Å². The summed E-state index contributed by atoms with van der Waals surface area (Å²) in [6.07, 6.45) is 0.0966. The smallest absolute Gasteiger partial charge is 0.284 e. The van der Waals surface area contributed by atoms with Gasteiger partial charge in [0.05, 0.1) is 6.61 Å². The molecule has 0 spiro atoms. The zero-order valence-corrected chi connectivity index (χ0v) is 12.1. The predicted molar refractivity (Wildman–Crippen MR) is 71.8 cm³/mol. The first-order valence-electron chi connectivity index (χ1n) is 6.83. The molecule has 1 aromatic rings. The van der Waals surface area contributed by atoms with E-state index in [2.05, 4.69) is 4.98 Å². The van der Waals surface area contributed by atoms with Crippen molar-refractivity contribution in [2.75, 3.05) is 6.61 Å². The van der Waals surface area contributed by atoms with Crippen LogP contribution in [0.25, 0.3) is 0 Å². The van der Waals surface area contributed by atoms with Gasteiger partial charge < -0.3 is 25.1 Å². The van der Waals surface area contributed by atoms with E-state index in [-0.39, 0.29) is 12.3 Å². The van der Waals surface area contributed by atoms with Crippen LogP contribution in [-0.2, 0) is 14.2 Å². The highest BCUT2D eigenvalue weighted by atomic mass is 16.8. The highest BCUT2D eigenvalue weighted by Crippen LogP contribution is 2.42. The molecule has 4 unspecified atom stereocenters. The molecular formula is C13H17N3O6. The summed E-state index contributed by atoms with van der Waals surface area (Å²) in [6, 6.07) is 0. The minimum atomic E-state index is -0.920. The Bertz CT molecular complexity index is 657. The Balaban J connectivity index is 2.01. The van der Waals surface area contributed by atoms with Crippen LogP contribution in [0.3, 0.4) is 0 Å². The lowest BCUT2D eigenvalue weighted by molar-refractivity contribution is -0.200. The molecule has 4 atom stereocenters. The Kier molecular flexibility index (Phi) is 3.52. The number of nitrogens with two attached hydrogens (primary N) is 1. The molecule has 2 fully saturated rings. The van der Waals surface area contributed by atoms with E-state index in [9.17, 15) is 14.7 Å². The minimum absolute atomic E-state index is 0.278. The standard InChI is InChI=1S/C13H17N3O6/c1-13(2)21-8-6(5-17)20-12(9(8)22-13)16-4-3-15-7(10(14)18)11(16)19/h3-4,6,8-9,12,17H,5H2,1-2H3,(H2,14,18). The van der Waals surface area contributed by atoms with Crippen molar-refractivity contribution in [3.63, 3.8) is 0 Å². The monoisotopic (exact) mass is 311 g/mol. The number of rotatable bonds is 3. The summed E-state index contributed by atoms with van der Waals surface area (Å²) < 4.78 is 18.3. The van der Waals surface area contributed by atoms with E-state index in [4.69, 9.17) is 19.9 Å². The number of aliphatic hydroxyl groups is 1. The molecule has 9 heteroatoms. The number of hydrogen-bond donors (Lipinski definition) is 2. The molecule has 0 bridgehead atoms. The van der Waals surface area contributed by atoms with Crippen LogP contribution in [0.2, 0.25) is 0 Å².